The van der Waals surface area contributed by atoms with Gasteiger partial charge < -0.3 is 4.74 Å². The van der Waals surface area contributed by atoms with Gasteiger partial charge in [-0.15, -0.1) is 0 Å². The smallest absolute Gasteiger partial charge is 0.246 e. The molecule has 1 aliphatic heterocycles. The summed E-state index contributed by atoms with van der Waals surface area (Å²) in [6.45, 7) is 3.73. The lowest BCUT2D eigenvalue weighted by atomic mass is 10.3. The maximum Gasteiger partial charge on any atom is 0.246 e. The summed E-state index contributed by atoms with van der Waals surface area (Å²) in [4.78, 5) is 0.107. The van der Waals surface area contributed by atoms with Crippen molar-refractivity contribution < 1.29 is 21.6 Å². The first kappa shape index (κ1) is 22.0. The van der Waals surface area contributed by atoms with E-state index in [-0.39, 0.29) is 46.7 Å². The number of nitrogens with zero attached hydrogens (tertiary/aromatic N) is 3. The van der Waals surface area contributed by atoms with Crippen molar-refractivity contribution in [2.75, 3.05) is 33.3 Å². The Labute approximate surface area is 175 Å². The van der Waals surface area contributed by atoms with Crippen LogP contribution >= 0.6 is 11.6 Å². The van der Waals surface area contributed by atoms with Crippen molar-refractivity contribution in [3.8, 4) is 5.75 Å². The average molecular weight is 463 g/mol. The number of methoxy groups -OCH3 is 1. The average Bonchev–Trinajstić information content (AvgIpc) is 2.87. The fourth-order valence-corrected chi connectivity index (χ4v) is 7.08. The van der Waals surface area contributed by atoms with E-state index in [1.165, 1.54) is 27.9 Å². The third-order valence-electron chi connectivity index (χ3n) is 4.82. The normalized spacial score (nSPS) is 17.2. The second-order valence-corrected chi connectivity index (χ2v) is 10.9. The molecule has 3 rings (SSSR count). The molecule has 0 aliphatic carbocycles. The molecule has 0 atom stereocenters. The van der Waals surface area contributed by atoms with Crippen molar-refractivity contribution in [2.24, 2.45) is 0 Å². The molecule has 2 heterocycles. The standard InChI is InChI=1S/C17H23ClN4O5S2/c1-12-17(13(2)20-19-12)29(25,26)22-8-4-7-21(9-10-22)28(23,24)16-11-14(18)5-6-15(16)27-3/h5-6,11H,4,7-10H2,1-3H3,(H,19,20). The van der Waals surface area contributed by atoms with Gasteiger partial charge in [0.25, 0.3) is 0 Å². The molecular formula is C17H23ClN4O5S2. The number of hydrogen-bond donors (Lipinski definition) is 1. The zero-order valence-corrected chi connectivity index (χ0v) is 18.7. The quantitative estimate of drug-likeness (QED) is 0.724. The van der Waals surface area contributed by atoms with Crippen molar-refractivity contribution in [3.05, 3.63) is 34.6 Å². The molecule has 2 aromatic rings. The molecule has 1 aromatic carbocycles. The van der Waals surface area contributed by atoms with Crippen LogP contribution in [0.3, 0.4) is 0 Å². The number of aromatic nitrogens is 2. The molecule has 1 aliphatic rings. The molecule has 0 spiro atoms. The van der Waals surface area contributed by atoms with Crippen LogP contribution in [0, 0.1) is 13.8 Å². The molecule has 1 aromatic heterocycles. The maximum absolute atomic E-state index is 13.2. The fraction of sp³-hybridized carbons (Fsp3) is 0.471. The minimum atomic E-state index is -3.91. The first-order valence-corrected chi connectivity index (χ1v) is 12.2. The minimum absolute atomic E-state index is 0.0210. The van der Waals surface area contributed by atoms with E-state index >= 15 is 0 Å². The summed E-state index contributed by atoms with van der Waals surface area (Å²) in [5.74, 6) is 0.188. The number of aryl methyl sites for hydroxylation is 2. The molecule has 160 valence electrons. The van der Waals surface area contributed by atoms with Crippen LogP contribution in [0.5, 0.6) is 5.75 Å². The molecule has 29 heavy (non-hydrogen) atoms. The Morgan fingerprint density at radius 1 is 1.03 bits per heavy atom. The molecule has 1 N–H and O–H groups in total. The summed E-state index contributed by atoms with van der Waals surface area (Å²) in [6.07, 6.45) is 0.358. The van der Waals surface area contributed by atoms with Gasteiger partial charge in [0.1, 0.15) is 15.5 Å². The van der Waals surface area contributed by atoms with E-state index in [1.54, 1.807) is 19.9 Å². The zero-order chi connectivity index (χ0) is 21.4. The molecule has 0 amide bonds. The zero-order valence-electron chi connectivity index (χ0n) is 16.3. The van der Waals surface area contributed by atoms with E-state index < -0.39 is 20.0 Å². The van der Waals surface area contributed by atoms with Gasteiger partial charge in [0.05, 0.1) is 18.5 Å². The van der Waals surface area contributed by atoms with Gasteiger partial charge in [-0.3, -0.25) is 5.10 Å². The summed E-state index contributed by atoms with van der Waals surface area (Å²) >= 11 is 5.99. The minimum Gasteiger partial charge on any atom is -0.495 e. The maximum atomic E-state index is 13.2. The van der Waals surface area contributed by atoms with E-state index in [2.05, 4.69) is 10.2 Å². The van der Waals surface area contributed by atoms with Crippen molar-refractivity contribution in [2.45, 2.75) is 30.1 Å². The van der Waals surface area contributed by atoms with Gasteiger partial charge in [-0.05, 0) is 38.5 Å². The van der Waals surface area contributed by atoms with E-state index in [0.717, 1.165) is 0 Å². The monoisotopic (exact) mass is 462 g/mol. The van der Waals surface area contributed by atoms with E-state index in [4.69, 9.17) is 16.3 Å². The van der Waals surface area contributed by atoms with Crippen LogP contribution in [0.1, 0.15) is 17.8 Å². The highest BCUT2D eigenvalue weighted by atomic mass is 35.5. The van der Waals surface area contributed by atoms with Gasteiger partial charge in [0.15, 0.2) is 0 Å². The molecule has 0 saturated carbocycles. The van der Waals surface area contributed by atoms with Crippen LogP contribution in [0.4, 0.5) is 0 Å². The van der Waals surface area contributed by atoms with Crippen molar-refractivity contribution >= 4 is 31.6 Å². The van der Waals surface area contributed by atoms with Gasteiger partial charge in [-0.25, -0.2) is 16.8 Å². The number of aromatic amines is 1. The molecule has 9 nitrogen and oxygen atoms in total. The van der Waals surface area contributed by atoms with Crippen molar-refractivity contribution in [3.63, 3.8) is 0 Å². The van der Waals surface area contributed by atoms with E-state index in [9.17, 15) is 16.8 Å². The third-order valence-corrected chi connectivity index (χ3v) is 9.13. The topological polar surface area (TPSA) is 113 Å². The number of ether oxygens (including phenoxy) is 1. The van der Waals surface area contributed by atoms with Gasteiger partial charge in [-0.2, -0.15) is 13.7 Å². The predicted octanol–water partition coefficient (Wildman–Crippen LogP) is 1.77. The molecule has 0 bridgehead atoms. The highest BCUT2D eigenvalue weighted by molar-refractivity contribution is 7.89. The molecular weight excluding hydrogens is 440 g/mol. The molecule has 12 heteroatoms. The number of H-pyrrole nitrogens is 1. The molecule has 0 radical (unpaired) electrons. The van der Waals surface area contributed by atoms with Crippen LogP contribution < -0.4 is 4.74 Å². The van der Waals surface area contributed by atoms with Gasteiger partial charge in [0.2, 0.25) is 20.0 Å². The third kappa shape index (κ3) is 4.15. The molecule has 0 unspecified atom stereocenters. The van der Waals surface area contributed by atoms with Crippen LogP contribution in [0.15, 0.2) is 28.0 Å². The van der Waals surface area contributed by atoms with Gasteiger partial charge in [-0.1, -0.05) is 11.6 Å². The SMILES string of the molecule is COc1ccc(Cl)cc1S(=O)(=O)N1CCCN(S(=O)(=O)c2c(C)n[nH]c2C)CC1. The Morgan fingerprint density at radius 2 is 1.66 bits per heavy atom. The van der Waals surface area contributed by atoms with E-state index in [1.807, 2.05) is 0 Å². The number of hydrogen-bond acceptors (Lipinski definition) is 6. The second-order valence-electron chi connectivity index (χ2n) is 6.72. The second kappa shape index (κ2) is 8.23. The molecule has 1 saturated heterocycles. The summed E-state index contributed by atoms with van der Waals surface area (Å²) in [5.41, 5.74) is 0.847. The number of benzene rings is 1. The summed E-state index contributed by atoms with van der Waals surface area (Å²) < 4.78 is 60.2. The highest BCUT2D eigenvalue weighted by Crippen LogP contribution is 2.31. The Balaban J connectivity index is 1.88. The van der Waals surface area contributed by atoms with E-state index in [0.29, 0.717) is 17.8 Å². The Hall–Kier alpha value is -1.66. The van der Waals surface area contributed by atoms with Crippen molar-refractivity contribution in [1.29, 1.82) is 0 Å². The van der Waals surface area contributed by atoms with Crippen LogP contribution in [-0.4, -0.2) is 68.9 Å². The number of sulfonamides is 2. The summed E-state index contributed by atoms with van der Waals surface area (Å²) in [6, 6.07) is 4.38. The van der Waals surface area contributed by atoms with Crippen LogP contribution in [0.2, 0.25) is 5.02 Å². The summed E-state index contributed by atoms with van der Waals surface area (Å²) in [5, 5.41) is 6.91. The lowest BCUT2D eigenvalue weighted by molar-refractivity contribution is 0.388. The van der Waals surface area contributed by atoms with Crippen molar-refractivity contribution in [1.82, 2.24) is 18.8 Å². The number of rotatable bonds is 5. The fourth-order valence-electron chi connectivity index (χ4n) is 3.39. The predicted molar refractivity (Wildman–Crippen MR) is 108 cm³/mol. The van der Waals surface area contributed by atoms with Crippen LogP contribution in [-0.2, 0) is 20.0 Å². The first-order valence-electron chi connectivity index (χ1n) is 8.94. The first-order chi connectivity index (χ1) is 13.6. The highest BCUT2D eigenvalue weighted by Gasteiger charge is 2.35. The lowest BCUT2D eigenvalue weighted by Crippen LogP contribution is -2.37. The van der Waals surface area contributed by atoms with Gasteiger partial charge in [0, 0.05) is 31.2 Å². The number of halogens is 1. The van der Waals surface area contributed by atoms with Gasteiger partial charge >= 0.3 is 0 Å². The molecule has 1 fully saturated rings. The Bertz CT molecular complexity index is 1100. The Morgan fingerprint density at radius 3 is 2.21 bits per heavy atom. The number of nitrogens with one attached hydrogen (secondary N) is 1. The largest absolute Gasteiger partial charge is 0.495 e. The Kier molecular flexibility index (Phi) is 6.25. The van der Waals surface area contributed by atoms with Crippen LogP contribution in [0.25, 0.3) is 0 Å². The summed E-state index contributed by atoms with van der Waals surface area (Å²) in [7, 11) is -6.31. The lowest BCUT2D eigenvalue weighted by Gasteiger charge is -2.22.